The summed E-state index contributed by atoms with van der Waals surface area (Å²) < 4.78 is 0. The zero-order valence-electron chi connectivity index (χ0n) is 13.1. The number of carboxylic acids is 1. The number of hydrogen-bond acceptors (Lipinski definition) is 4. The second-order valence-electron chi connectivity index (χ2n) is 5.00. The number of carbonyl (C=O) groups is 1. The minimum absolute atomic E-state index is 0.108. The van der Waals surface area contributed by atoms with Gasteiger partial charge in [0.25, 0.3) is 0 Å². The highest BCUT2D eigenvalue weighted by Crippen LogP contribution is 2.10. The molecule has 0 aromatic carbocycles. The van der Waals surface area contributed by atoms with Crippen LogP contribution >= 0.6 is 0 Å². The molecule has 0 rings (SSSR count). The predicted molar refractivity (Wildman–Crippen MR) is 83.4 cm³/mol. The first-order valence-electron chi connectivity index (χ1n) is 7.95. The van der Waals surface area contributed by atoms with Crippen LogP contribution in [0.1, 0.15) is 77.6 Å². The fourth-order valence-corrected chi connectivity index (χ4v) is 1.83. The van der Waals surface area contributed by atoms with Gasteiger partial charge >= 0.3 is 5.97 Å². The number of nitrogens with two attached hydrogens (primary N) is 1. The van der Waals surface area contributed by atoms with E-state index in [1.807, 2.05) is 0 Å². The molecule has 0 radical (unpaired) electrons. The van der Waals surface area contributed by atoms with E-state index in [2.05, 4.69) is 12.3 Å². The molecule has 5 nitrogen and oxygen atoms in total. The molecule has 0 fully saturated rings. The fraction of sp³-hybridized carbons (Fsp3) is 0.933. The molecule has 0 aliphatic heterocycles. The lowest BCUT2D eigenvalue weighted by molar-refractivity contribution is -0.137. The number of aliphatic carboxylic acids is 1. The highest BCUT2D eigenvalue weighted by molar-refractivity contribution is 5.66. The van der Waals surface area contributed by atoms with E-state index in [0.717, 1.165) is 12.8 Å². The maximum Gasteiger partial charge on any atom is 0.303 e. The van der Waals surface area contributed by atoms with Crippen LogP contribution in [0.2, 0.25) is 0 Å². The Morgan fingerprint density at radius 3 is 1.70 bits per heavy atom. The van der Waals surface area contributed by atoms with E-state index in [9.17, 15) is 4.79 Å². The normalized spacial score (nSPS) is 9.95. The van der Waals surface area contributed by atoms with Crippen molar-refractivity contribution < 1.29 is 15.0 Å². The van der Waals surface area contributed by atoms with Crippen molar-refractivity contribution in [2.45, 2.75) is 77.6 Å². The summed E-state index contributed by atoms with van der Waals surface area (Å²) in [6, 6.07) is 0. The molecule has 0 unspecified atom stereocenters. The van der Waals surface area contributed by atoms with Crippen molar-refractivity contribution >= 4 is 5.97 Å². The molecular weight excluding hydrogens is 256 g/mol. The number of aliphatic hydroxyl groups is 1. The van der Waals surface area contributed by atoms with Crippen LogP contribution in [0.3, 0.4) is 0 Å². The summed E-state index contributed by atoms with van der Waals surface area (Å²) in [7, 11) is 0. The monoisotopic (exact) mass is 290 g/mol. The Morgan fingerprint density at radius 1 is 0.950 bits per heavy atom. The molecule has 5 heteroatoms. The number of aliphatic hydroxyl groups excluding tert-OH is 1. The van der Waals surface area contributed by atoms with Crippen molar-refractivity contribution in [3.8, 4) is 0 Å². The van der Waals surface area contributed by atoms with Crippen molar-refractivity contribution in [2.24, 2.45) is 5.84 Å². The third-order valence-corrected chi connectivity index (χ3v) is 3.00. The smallest absolute Gasteiger partial charge is 0.303 e. The molecule has 0 heterocycles. The van der Waals surface area contributed by atoms with E-state index in [1.54, 1.807) is 0 Å². The molecule has 20 heavy (non-hydrogen) atoms. The van der Waals surface area contributed by atoms with Crippen molar-refractivity contribution in [3.05, 3.63) is 0 Å². The molecule has 0 saturated carbocycles. The van der Waals surface area contributed by atoms with Crippen LogP contribution < -0.4 is 11.3 Å². The zero-order valence-corrected chi connectivity index (χ0v) is 13.1. The average Bonchev–Trinajstić information content (AvgIpc) is 2.42. The summed E-state index contributed by atoms with van der Waals surface area (Å²) in [5.41, 5.74) is 2.27. The molecule has 5 N–H and O–H groups in total. The number of unbranched alkanes of at least 4 members (excludes halogenated alkanes) is 9. The van der Waals surface area contributed by atoms with Gasteiger partial charge in [-0.1, -0.05) is 64.7 Å². The molecule has 0 aliphatic rings. The Balaban J connectivity index is 0. The van der Waals surface area contributed by atoms with E-state index < -0.39 is 5.97 Å². The van der Waals surface area contributed by atoms with E-state index in [-0.39, 0.29) is 6.61 Å². The second kappa shape index (κ2) is 20.7. The average molecular weight is 290 g/mol. The highest BCUT2D eigenvalue weighted by atomic mass is 16.4. The number of hydrogen-bond donors (Lipinski definition) is 4. The van der Waals surface area contributed by atoms with E-state index in [4.69, 9.17) is 16.1 Å². The first-order valence-corrected chi connectivity index (χ1v) is 7.95. The summed E-state index contributed by atoms with van der Waals surface area (Å²) in [6.45, 7) is 2.82. The third-order valence-electron chi connectivity index (χ3n) is 3.00. The lowest BCUT2D eigenvalue weighted by Crippen LogP contribution is -2.24. The number of carboxylic acid groups (broad SMARTS) is 1. The number of nitrogens with one attached hydrogen (secondary N) is 1. The summed E-state index contributed by atoms with van der Waals surface area (Å²) in [5.74, 6) is 4.07. The molecule has 0 spiro atoms. The quantitative estimate of drug-likeness (QED) is 0.238. The fourth-order valence-electron chi connectivity index (χ4n) is 1.83. The number of hydrazine groups is 1. The first kappa shape index (κ1) is 21.6. The van der Waals surface area contributed by atoms with Crippen molar-refractivity contribution in [3.63, 3.8) is 0 Å². The highest BCUT2D eigenvalue weighted by Gasteiger charge is 1.96. The van der Waals surface area contributed by atoms with Gasteiger partial charge in [0, 0.05) is 13.0 Å². The lowest BCUT2D eigenvalue weighted by Gasteiger charge is -2.01. The van der Waals surface area contributed by atoms with Crippen LogP contribution in [0.15, 0.2) is 0 Å². The largest absolute Gasteiger partial charge is 0.481 e. The van der Waals surface area contributed by atoms with Gasteiger partial charge in [0.2, 0.25) is 0 Å². The van der Waals surface area contributed by atoms with E-state index >= 15 is 0 Å². The maximum atomic E-state index is 10.2. The standard InChI is InChI=1S/C13H26O2.C2H8N2O/c1-2-3-4-5-6-7-8-9-10-11-12-13(14)15;3-4-1-2-5/h2-12H2,1H3,(H,14,15);4-5H,1-3H2. The zero-order chi connectivity index (χ0) is 15.5. The molecule has 0 bridgehead atoms. The van der Waals surface area contributed by atoms with Gasteiger partial charge in [-0.15, -0.1) is 0 Å². The van der Waals surface area contributed by atoms with Crippen LogP contribution in [-0.2, 0) is 4.79 Å². The van der Waals surface area contributed by atoms with Crippen LogP contribution in [0.25, 0.3) is 0 Å². The summed E-state index contributed by atoms with van der Waals surface area (Å²) in [6.07, 6.45) is 12.9. The Morgan fingerprint density at radius 2 is 1.40 bits per heavy atom. The molecule has 0 aliphatic carbocycles. The Kier molecular flexibility index (Phi) is 22.4. The molecule has 0 aromatic heterocycles. The third kappa shape index (κ3) is 26.0. The Bertz CT molecular complexity index is 188. The van der Waals surface area contributed by atoms with E-state index in [1.165, 1.54) is 51.4 Å². The Labute approximate surface area is 123 Å². The molecule has 0 atom stereocenters. The van der Waals surface area contributed by atoms with Crippen molar-refractivity contribution in [2.75, 3.05) is 13.2 Å². The first-order chi connectivity index (χ1) is 9.68. The van der Waals surface area contributed by atoms with Crippen LogP contribution in [0, 0.1) is 0 Å². The summed E-state index contributed by atoms with van der Waals surface area (Å²) >= 11 is 0. The van der Waals surface area contributed by atoms with Crippen molar-refractivity contribution in [1.29, 1.82) is 0 Å². The van der Waals surface area contributed by atoms with Crippen LogP contribution in [0.5, 0.6) is 0 Å². The molecule has 0 amide bonds. The maximum absolute atomic E-state index is 10.2. The van der Waals surface area contributed by atoms with Gasteiger partial charge in [0.05, 0.1) is 6.61 Å². The lowest BCUT2D eigenvalue weighted by atomic mass is 10.1. The van der Waals surface area contributed by atoms with Gasteiger partial charge in [-0.3, -0.25) is 16.1 Å². The van der Waals surface area contributed by atoms with E-state index in [0.29, 0.717) is 13.0 Å². The van der Waals surface area contributed by atoms with Gasteiger partial charge < -0.3 is 10.2 Å². The van der Waals surface area contributed by atoms with Crippen molar-refractivity contribution in [1.82, 2.24) is 5.43 Å². The molecule has 0 aromatic rings. The summed E-state index contributed by atoms with van der Waals surface area (Å²) in [4.78, 5) is 10.2. The topological polar surface area (TPSA) is 95.6 Å². The van der Waals surface area contributed by atoms with Gasteiger partial charge in [-0.25, -0.2) is 0 Å². The molecular formula is C15H34N2O3. The molecule has 122 valence electrons. The van der Waals surface area contributed by atoms with Gasteiger partial charge in [-0.05, 0) is 6.42 Å². The van der Waals surface area contributed by atoms with Gasteiger partial charge in [0.1, 0.15) is 0 Å². The SMILES string of the molecule is CCCCCCCCCCCCC(=O)O.NNCCO. The van der Waals surface area contributed by atoms with Gasteiger partial charge in [-0.2, -0.15) is 0 Å². The minimum atomic E-state index is -0.658. The number of rotatable bonds is 13. The Hall–Kier alpha value is -0.650. The second-order valence-corrected chi connectivity index (χ2v) is 5.00. The molecule has 0 saturated heterocycles. The predicted octanol–water partition coefficient (Wildman–Crippen LogP) is 2.82. The van der Waals surface area contributed by atoms with Gasteiger partial charge in [0.15, 0.2) is 0 Å². The minimum Gasteiger partial charge on any atom is -0.481 e. The van der Waals surface area contributed by atoms with Crippen LogP contribution in [-0.4, -0.2) is 29.3 Å². The van der Waals surface area contributed by atoms with Crippen LogP contribution in [0.4, 0.5) is 0 Å². The summed E-state index contributed by atoms with van der Waals surface area (Å²) in [5, 5.41) is 16.4.